The minimum absolute atomic E-state index is 0.199. The molecule has 0 heterocycles. The number of sulfone groups is 1. The monoisotopic (exact) mass is 363 g/mol. The molecule has 1 amide bonds. The van der Waals surface area contributed by atoms with E-state index < -0.39 is 9.84 Å². The first kappa shape index (κ1) is 18.8. The largest absolute Gasteiger partial charge is 0.490 e. The molecule has 0 aliphatic rings. The summed E-state index contributed by atoms with van der Waals surface area (Å²) in [6, 6.07) is 11.0. The van der Waals surface area contributed by atoms with E-state index >= 15 is 0 Å². The molecule has 0 fully saturated rings. The van der Waals surface area contributed by atoms with E-state index in [1.54, 1.807) is 30.3 Å². The van der Waals surface area contributed by atoms with Crippen molar-refractivity contribution in [1.82, 2.24) is 0 Å². The lowest BCUT2D eigenvalue weighted by atomic mass is 10.2. The smallest absolute Gasteiger partial charge is 0.255 e. The van der Waals surface area contributed by atoms with Crippen LogP contribution in [-0.2, 0) is 9.84 Å². The number of anilines is 1. The molecule has 1 N–H and O–H groups in total. The summed E-state index contributed by atoms with van der Waals surface area (Å²) < 4.78 is 33.9. The lowest BCUT2D eigenvalue weighted by molar-refractivity contribution is 0.102. The standard InChI is InChI=1S/C18H21NO5S/c1-4-23-16-11-6-13(12-17(16)24-5-2)18(20)19-14-7-9-15(10-8-14)25(3,21)22/h6-12H,4-5H2,1-3H3,(H,19,20). The number of nitrogens with one attached hydrogen (secondary N) is 1. The zero-order valence-corrected chi connectivity index (χ0v) is 15.2. The molecule has 2 aromatic carbocycles. The van der Waals surface area contributed by atoms with Crippen LogP contribution < -0.4 is 14.8 Å². The minimum atomic E-state index is -3.27. The van der Waals surface area contributed by atoms with Crippen molar-refractivity contribution >= 4 is 21.4 Å². The SMILES string of the molecule is CCOc1ccc(C(=O)Nc2ccc(S(C)(=O)=O)cc2)cc1OCC. The molecule has 0 aliphatic carbocycles. The van der Waals surface area contributed by atoms with Gasteiger partial charge in [-0.05, 0) is 56.3 Å². The third-order valence-corrected chi connectivity index (χ3v) is 4.47. The molecular weight excluding hydrogens is 342 g/mol. The Kier molecular flexibility index (Phi) is 6.03. The molecule has 0 spiro atoms. The highest BCUT2D eigenvalue weighted by Gasteiger charge is 2.12. The predicted molar refractivity (Wildman–Crippen MR) is 96.3 cm³/mol. The van der Waals surface area contributed by atoms with Crippen molar-refractivity contribution < 1.29 is 22.7 Å². The maximum absolute atomic E-state index is 12.4. The Balaban J connectivity index is 2.18. The van der Waals surface area contributed by atoms with Gasteiger partial charge < -0.3 is 14.8 Å². The molecule has 0 bridgehead atoms. The zero-order chi connectivity index (χ0) is 18.4. The van der Waals surface area contributed by atoms with Crippen LogP contribution in [0.1, 0.15) is 24.2 Å². The third kappa shape index (κ3) is 4.96. The van der Waals surface area contributed by atoms with Crippen LogP contribution >= 0.6 is 0 Å². The first-order chi connectivity index (χ1) is 11.8. The zero-order valence-electron chi connectivity index (χ0n) is 14.4. The summed E-state index contributed by atoms with van der Waals surface area (Å²) in [6.07, 6.45) is 1.13. The van der Waals surface area contributed by atoms with Crippen LogP contribution in [0.4, 0.5) is 5.69 Å². The maximum Gasteiger partial charge on any atom is 0.255 e. The summed E-state index contributed by atoms with van der Waals surface area (Å²) in [4.78, 5) is 12.6. The number of rotatable bonds is 7. The number of carbonyl (C=O) groups excluding carboxylic acids is 1. The molecule has 2 aromatic rings. The van der Waals surface area contributed by atoms with Crippen molar-refractivity contribution in [1.29, 1.82) is 0 Å². The average Bonchev–Trinajstić information content (AvgIpc) is 2.56. The molecule has 134 valence electrons. The van der Waals surface area contributed by atoms with Crippen molar-refractivity contribution in [3.8, 4) is 11.5 Å². The Morgan fingerprint density at radius 1 is 0.960 bits per heavy atom. The highest BCUT2D eigenvalue weighted by Crippen LogP contribution is 2.29. The summed E-state index contributed by atoms with van der Waals surface area (Å²) >= 11 is 0. The van der Waals surface area contributed by atoms with Gasteiger partial charge in [0.05, 0.1) is 18.1 Å². The van der Waals surface area contributed by atoms with Crippen LogP contribution in [0.5, 0.6) is 11.5 Å². The van der Waals surface area contributed by atoms with Gasteiger partial charge in [0.2, 0.25) is 0 Å². The molecule has 25 heavy (non-hydrogen) atoms. The number of benzene rings is 2. The second-order valence-electron chi connectivity index (χ2n) is 5.28. The molecule has 7 heteroatoms. The Morgan fingerprint density at radius 3 is 2.12 bits per heavy atom. The highest BCUT2D eigenvalue weighted by atomic mass is 32.2. The summed E-state index contributed by atoms with van der Waals surface area (Å²) in [7, 11) is -3.27. The second-order valence-corrected chi connectivity index (χ2v) is 7.29. The van der Waals surface area contributed by atoms with Gasteiger partial charge in [-0.15, -0.1) is 0 Å². The van der Waals surface area contributed by atoms with Gasteiger partial charge in [0, 0.05) is 17.5 Å². The van der Waals surface area contributed by atoms with Gasteiger partial charge in [0.25, 0.3) is 5.91 Å². The van der Waals surface area contributed by atoms with Gasteiger partial charge in [-0.25, -0.2) is 8.42 Å². The van der Waals surface area contributed by atoms with Gasteiger partial charge in [-0.1, -0.05) is 0 Å². The van der Waals surface area contributed by atoms with Crippen molar-refractivity contribution in [3.05, 3.63) is 48.0 Å². The van der Waals surface area contributed by atoms with Crippen LogP contribution in [-0.4, -0.2) is 33.8 Å². The minimum Gasteiger partial charge on any atom is -0.490 e. The van der Waals surface area contributed by atoms with Crippen molar-refractivity contribution in [2.24, 2.45) is 0 Å². The van der Waals surface area contributed by atoms with E-state index in [4.69, 9.17) is 9.47 Å². The van der Waals surface area contributed by atoms with Crippen molar-refractivity contribution in [2.45, 2.75) is 18.7 Å². The van der Waals surface area contributed by atoms with E-state index in [2.05, 4.69) is 5.32 Å². The molecule has 0 aromatic heterocycles. The Morgan fingerprint density at radius 2 is 1.56 bits per heavy atom. The molecular formula is C18H21NO5S. The van der Waals surface area contributed by atoms with Gasteiger partial charge >= 0.3 is 0 Å². The number of hydrogen-bond acceptors (Lipinski definition) is 5. The fraction of sp³-hybridized carbons (Fsp3) is 0.278. The quantitative estimate of drug-likeness (QED) is 0.817. The third-order valence-electron chi connectivity index (χ3n) is 3.35. The van der Waals surface area contributed by atoms with E-state index in [0.29, 0.717) is 36.0 Å². The number of amides is 1. The van der Waals surface area contributed by atoms with E-state index in [1.807, 2.05) is 13.8 Å². The Hall–Kier alpha value is -2.54. The van der Waals surface area contributed by atoms with Gasteiger partial charge in [-0.2, -0.15) is 0 Å². The maximum atomic E-state index is 12.4. The van der Waals surface area contributed by atoms with Crippen LogP contribution in [0.2, 0.25) is 0 Å². The Labute approximate surface area is 147 Å². The summed E-state index contributed by atoms with van der Waals surface area (Å²) in [5.74, 6) is 0.763. The number of hydrogen-bond donors (Lipinski definition) is 1. The van der Waals surface area contributed by atoms with Gasteiger partial charge in [0.1, 0.15) is 0 Å². The Bertz CT molecular complexity index is 844. The van der Waals surface area contributed by atoms with E-state index in [0.717, 1.165) is 6.26 Å². The van der Waals surface area contributed by atoms with Gasteiger partial charge in [0.15, 0.2) is 21.3 Å². The topological polar surface area (TPSA) is 81.7 Å². The molecule has 0 saturated heterocycles. The molecule has 0 saturated carbocycles. The van der Waals surface area contributed by atoms with Crippen molar-refractivity contribution in [3.63, 3.8) is 0 Å². The fourth-order valence-electron chi connectivity index (χ4n) is 2.18. The molecule has 0 aliphatic heterocycles. The lowest BCUT2D eigenvalue weighted by Crippen LogP contribution is -2.12. The van der Waals surface area contributed by atoms with Crippen LogP contribution in [0.25, 0.3) is 0 Å². The predicted octanol–water partition coefficient (Wildman–Crippen LogP) is 3.14. The first-order valence-corrected chi connectivity index (χ1v) is 9.75. The fourth-order valence-corrected chi connectivity index (χ4v) is 2.81. The summed E-state index contributed by atoms with van der Waals surface area (Å²) in [5, 5.41) is 2.73. The molecule has 2 rings (SSSR count). The average molecular weight is 363 g/mol. The van der Waals surface area contributed by atoms with Crippen molar-refractivity contribution in [2.75, 3.05) is 24.8 Å². The second kappa shape index (κ2) is 8.02. The molecule has 0 radical (unpaired) electrons. The highest BCUT2D eigenvalue weighted by molar-refractivity contribution is 7.90. The van der Waals surface area contributed by atoms with E-state index in [9.17, 15) is 13.2 Å². The van der Waals surface area contributed by atoms with E-state index in [-0.39, 0.29) is 10.8 Å². The molecule has 0 atom stereocenters. The summed E-state index contributed by atoms with van der Waals surface area (Å²) in [5.41, 5.74) is 0.920. The van der Waals surface area contributed by atoms with Crippen LogP contribution in [0, 0.1) is 0 Å². The molecule has 0 unspecified atom stereocenters. The lowest BCUT2D eigenvalue weighted by Gasteiger charge is -2.12. The number of carbonyl (C=O) groups is 1. The first-order valence-electron chi connectivity index (χ1n) is 7.86. The van der Waals surface area contributed by atoms with E-state index in [1.165, 1.54) is 12.1 Å². The number of ether oxygens (including phenoxy) is 2. The molecule has 6 nitrogen and oxygen atoms in total. The summed E-state index contributed by atoms with van der Waals surface area (Å²) in [6.45, 7) is 4.68. The van der Waals surface area contributed by atoms with Crippen LogP contribution in [0.3, 0.4) is 0 Å². The van der Waals surface area contributed by atoms with Gasteiger partial charge in [-0.3, -0.25) is 4.79 Å². The normalized spacial score (nSPS) is 11.0. The van der Waals surface area contributed by atoms with Crippen LogP contribution in [0.15, 0.2) is 47.4 Å².